The van der Waals surface area contributed by atoms with E-state index in [4.69, 9.17) is 4.74 Å². The Labute approximate surface area is 177 Å². The Kier molecular flexibility index (Phi) is 7.41. The third-order valence-corrected chi connectivity index (χ3v) is 5.58. The van der Waals surface area contributed by atoms with Crippen molar-refractivity contribution in [2.75, 3.05) is 0 Å². The number of rotatable bonds is 5. The van der Waals surface area contributed by atoms with Crippen molar-refractivity contribution in [1.82, 2.24) is 0 Å². The topological polar surface area (TPSA) is 26.3 Å². The van der Waals surface area contributed by atoms with Crippen LogP contribution < -0.4 is 4.74 Å². The molecular formula is C26H26F2O2. The highest BCUT2D eigenvalue weighted by molar-refractivity contribution is 5.75. The number of allylic oxidation sites excluding steroid dienone is 1. The number of esters is 1. The molecule has 0 amide bonds. The highest BCUT2D eigenvalue weighted by atomic mass is 19.1. The minimum atomic E-state index is -0.842. The van der Waals surface area contributed by atoms with Crippen LogP contribution in [0.15, 0.2) is 49.1 Å². The first-order valence-electron chi connectivity index (χ1n) is 10.4. The Morgan fingerprint density at radius 3 is 2.33 bits per heavy atom. The van der Waals surface area contributed by atoms with E-state index in [0.717, 1.165) is 56.2 Å². The van der Waals surface area contributed by atoms with Crippen LogP contribution in [0.3, 0.4) is 0 Å². The predicted molar refractivity (Wildman–Crippen MR) is 114 cm³/mol. The van der Waals surface area contributed by atoms with Crippen molar-refractivity contribution in [1.29, 1.82) is 0 Å². The second-order valence-electron chi connectivity index (χ2n) is 7.88. The van der Waals surface area contributed by atoms with Gasteiger partial charge < -0.3 is 4.74 Å². The number of aryl methyl sites for hydroxylation is 1. The zero-order valence-electron chi connectivity index (χ0n) is 17.2. The number of carbonyl (C=O) groups excluding carboxylic acids is 1. The lowest BCUT2D eigenvalue weighted by molar-refractivity contribution is -0.140. The van der Waals surface area contributed by atoms with Gasteiger partial charge in [-0.1, -0.05) is 35.6 Å². The molecule has 3 rings (SSSR count). The summed E-state index contributed by atoms with van der Waals surface area (Å²) < 4.78 is 34.1. The molecule has 1 fully saturated rings. The van der Waals surface area contributed by atoms with E-state index in [9.17, 15) is 13.6 Å². The molecule has 0 aliphatic heterocycles. The zero-order chi connectivity index (χ0) is 21.5. The molecule has 30 heavy (non-hydrogen) atoms. The summed E-state index contributed by atoms with van der Waals surface area (Å²) in [5.41, 5.74) is 1.41. The summed E-state index contributed by atoms with van der Waals surface area (Å²) in [4.78, 5) is 12.4. The molecule has 2 aromatic carbocycles. The van der Waals surface area contributed by atoms with Crippen LogP contribution in [0.5, 0.6) is 5.75 Å². The second-order valence-corrected chi connectivity index (χ2v) is 7.88. The van der Waals surface area contributed by atoms with Gasteiger partial charge in [0.15, 0.2) is 0 Å². The van der Waals surface area contributed by atoms with E-state index in [1.807, 2.05) is 25.1 Å². The van der Waals surface area contributed by atoms with Crippen LogP contribution in [-0.2, 0) is 4.79 Å². The van der Waals surface area contributed by atoms with E-state index < -0.39 is 17.6 Å². The van der Waals surface area contributed by atoms with Crippen LogP contribution in [0.4, 0.5) is 8.78 Å². The molecule has 0 N–H and O–H groups in total. The smallest absolute Gasteiger partial charge is 0.314 e. The summed E-state index contributed by atoms with van der Waals surface area (Å²) in [5.74, 6) is 3.44. The van der Waals surface area contributed by atoms with Crippen molar-refractivity contribution in [2.24, 2.45) is 11.8 Å². The summed E-state index contributed by atoms with van der Waals surface area (Å²) in [5, 5.41) is 0. The molecule has 0 spiro atoms. The highest BCUT2D eigenvalue weighted by Crippen LogP contribution is 2.33. The number of benzene rings is 2. The summed E-state index contributed by atoms with van der Waals surface area (Å²) in [7, 11) is 0. The molecule has 0 heterocycles. The van der Waals surface area contributed by atoms with Crippen LogP contribution in [0.25, 0.3) is 0 Å². The molecule has 156 valence electrons. The molecule has 1 aliphatic carbocycles. The first-order valence-corrected chi connectivity index (χ1v) is 10.4. The van der Waals surface area contributed by atoms with Gasteiger partial charge in [-0.05, 0) is 63.5 Å². The van der Waals surface area contributed by atoms with Crippen LogP contribution in [0, 0.1) is 42.2 Å². The third kappa shape index (κ3) is 5.79. The number of carbonyl (C=O) groups is 1. The van der Waals surface area contributed by atoms with E-state index in [0.29, 0.717) is 11.5 Å². The molecule has 4 heteroatoms. The summed E-state index contributed by atoms with van der Waals surface area (Å²) in [6, 6.07) is 9.39. The minimum Gasteiger partial charge on any atom is -0.426 e. The fourth-order valence-corrected chi connectivity index (χ4v) is 3.74. The normalized spacial score (nSPS) is 18.2. The van der Waals surface area contributed by atoms with Gasteiger partial charge in [0.1, 0.15) is 17.4 Å². The minimum absolute atomic E-state index is 0.121. The van der Waals surface area contributed by atoms with Crippen molar-refractivity contribution >= 4 is 5.97 Å². The maximum absolute atomic E-state index is 14.4. The standard InChI is InChI=1S/C26H26F2O2/c1-3-4-5-19-10-13-21(14-11-19)26(29)30-22-16-24(27)23(25(28)17-22)15-12-20-8-6-18(2)7-9-20/h3,6-9,16-17,19,21H,1,4-5,10-11,13-14H2,2H3/t19-,21-. The summed E-state index contributed by atoms with van der Waals surface area (Å²) >= 11 is 0. The Morgan fingerprint density at radius 1 is 1.10 bits per heavy atom. The lowest BCUT2D eigenvalue weighted by Crippen LogP contribution is -2.25. The van der Waals surface area contributed by atoms with Crippen LogP contribution >= 0.6 is 0 Å². The molecule has 0 bridgehead atoms. The molecule has 2 aromatic rings. The fourth-order valence-electron chi connectivity index (χ4n) is 3.74. The first kappa shape index (κ1) is 21.8. The first-order chi connectivity index (χ1) is 14.5. The Morgan fingerprint density at radius 2 is 1.73 bits per heavy atom. The average molecular weight is 408 g/mol. The maximum Gasteiger partial charge on any atom is 0.314 e. The van der Waals surface area contributed by atoms with E-state index in [1.165, 1.54) is 0 Å². The largest absolute Gasteiger partial charge is 0.426 e. The van der Waals surface area contributed by atoms with Gasteiger partial charge in [-0.25, -0.2) is 8.78 Å². The zero-order valence-corrected chi connectivity index (χ0v) is 17.2. The number of hydrogen-bond acceptors (Lipinski definition) is 2. The van der Waals surface area contributed by atoms with Gasteiger partial charge >= 0.3 is 5.97 Å². The van der Waals surface area contributed by atoms with Crippen molar-refractivity contribution in [3.05, 3.63) is 77.4 Å². The van der Waals surface area contributed by atoms with E-state index >= 15 is 0 Å². The molecule has 0 radical (unpaired) electrons. The fraction of sp³-hybridized carbons (Fsp3) is 0.346. The van der Waals surface area contributed by atoms with Crippen LogP contribution in [0.2, 0.25) is 0 Å². The van der Waals surface area contributed by atoms with Crippen molar-refractivity contribution < 1.29 is 18.3 Å². The van der Waals surface area contributed by atoms with Crippen LogP contribution in [0.1, 0.15) is 55.2 Å². The SMILES string of the molecule is C=CCC[C@H]1CC[C@H](C(=O)Oc2cc(F)c(C#Cc3ccc(C)cc3)c(F)c2)CC1. The lowest BCUT2D eigenvalue weighted by Gasteiger charge is -2.26. The number of hydrogen-bond donors (Lipinski definition) is 0. The van der Waals surface area contributed by atoms with E-state index in [-0.39, 0.29) is 17.2 Å². The van der Waals surface area contributed by atoms with E-state index in [2.05, 4.69) is 18.4 Å². The van der Waals surface area contributed by atoms with Crippen molar-refractivity contribution in [2.45, 2.75) is 45.4 Å². The third-order valence-electron chi connectivity index (χ3n) is 5.58. The van der Waals surface area contributed by atoms with E-state index in [1.54, 1.807) is 12.1 Å². The quantitative estimate of drug-likeness (QED) is 0.249. The Bertz CT molecular complexity index is 936. The maximum atomic E-state index is 14.4. The predicted octanol–water partition coefficient (Wildman–Crippen LogP) is 6.35. The van der Waals surface area contributed by atoms with Gasteiger partial charge in [-0.2, -0.15) is 0 Å². The Hall–Kier alpha value is -2.93. The van der Waals surface area contributed by atoms with Crippen molar-refractivity contribution in [3.8, 4) is 17.6 Å². The van der Waals surface area contributed by atoms with Gasteiger partial charge in [0.25, 0.3) is 0 Å². The molecule has 0 saturated heterocycles. The molecule has 0 atom stereocenters. The molecule has 0 aromatic heterocycles. The second kappa shape index (κ2) is 10.2. The highest BCUT2D eigenvalue weighted by Gasteiger charge is 2.27. The van der Waals surface area contributed by atoms with Crippen molar-refractivity contribution in [3.63, 3.8) is 0 Å². The Balaban J connectivity index is 1.63. The summed E-state index contributed by atoms with van der Waals surface area (Å²) in [6.45, 7) is 5.69. The van der Waals surface area contributed by atoms with Gasteiger partial charge in [0.05, 0.1) is 11.5 Å². The number of ether oxygens (including phenoxy) is 1. The molecular weight excluding hydrogens is 382 g/mol. The van der Waals surface area contributed by atoms with Gasteiger partial charge in [-0.3, -0.25) is 4.79 Å². The van der Waals surface area contributed by atoms with Gasteiger partial charge in [0.2, 0.25) is 0 Å². The monoisotopic (exact) mass is 408 g/mol. The molecule has 1 aliphatic rings. The number of halogens is 2. The molecule has 2 nitrogen and oxygen atoms in total. The van der Waals surface area contributed by atoms with Gasteiger partial charge in [0, 0.05) is 17.7 Å². The summed E-state index contributed by atoms with van der Waals surface area (Å²) in [6.07, 6.45) is 7.40. The lowest BCUT2D eigenvalue weighted by atomic mass is 9.80. The van der Waals surface area contributed by atoms with Crippen LogP contribution in [-0.4, -0.2) is 5.97 Å². The van der Waals surface area contributed by atoms with Gasteiger partial charge in [-0.15, -0.1) is 6.58 Å². The molecule has 0 unspecified atom stereocenters. The molecule has 1 saturated carbocycles. The average Bonchev–Trinajstić information content (AvgIpc) is 2.73.